The zero-order chi connectivity index (χ0) is 42.8. The van der Waals surface area contributed by atoms with Crippen LogP contribution < -0.4 is 10.2 Å². The third kappa shape index (κ3) is 42.3. The number of carbonyl (C=O) groups excluding carboxylic acids is 1. The van der Waals surface area contributed by atoms with E-state index >= 15 is 0 Å². The van der Waals surface area contributed by atoms with Gasteiger partial charge < -0.3 is 28.8 Å². The first-order valence-corrected chi connectivity index (χ1v) is 25.1. The maximum atomic E-state index is 12.9. The van der Waals surface area contributed by atoms with Gasteiger partial charge in [-0.25, -0.2) is 0 Å². The Kier molecular flexibility index (Phi) is 39.3. The summed E-state index contributed by atoms with van der Waals surface area (Å²) in [4.78, 5) is 25.3. The second kappa shape index (κ2) is 40.6. The van der Waals surface area contributed by atoms with E-state index in [0.29, 0.717) is 17.4 Å². The van der Waals surface area contributed by atoms with Crippen LogP contribution in [0.4, 0.5) is 0 Å². The molecule has 0 aromatic carbocycles. The number of carbonyl (C=O) groups is 1. The molecule has 0 radical (unpaired) electrons. The summed E-state index contributed by atoms with van der Waals surface area (Å²) in [5.74, 6) is -0.222. The second-order valence-electron chi connectivity index (χ2n) is 17.1. The monoisotopic (exact) mass is 835 g/mol. The van der Waals surface area contributed by atoms with Crippen LogP contribution in [0.5, 0.6) is 0 Å². The molecular weight excluding hydrogens is 744 g/mol. The van der Waals surface area contributed by atoms with Crippen LogP contribution in [0.15, 0.2) is 60.8 Å². The fourth-order valence-electron chi connectivity index (χ4n) is 6.39. The number of hydrogen-bond acceptors (Lipinski definition) is 6. The number of amides is 1. The highest BCUT2D eigenvalue weighted by atomic mass is 31.2. The van der Waals surface area contributed by atoms with Crippen LogP contribution in [-0.2, 0) is 18.4 Å². The van der Waals surface area contributed by atoms with Gasteiger partial charge in [0.15, 0.2) is 0 Å². The first kappa shape index (κ1) is 56.2. The SMILES string of the molecule is CCCCC/C=C/CC/C=C/CC/C=C/C(O)C(COP(=O)([O-])OCC[N+](C)(C)C)NC(=O)CCCCCCCCC/C=C\C/C=C\CCCCCCCCCCC. The quantitative estimate of drug-likeness (QED) is 0.0274. The van der Waals surface area contributed by atoms with Gasteiger partial charge >= 0.3 is 0 Å². The highest BCUT2D eigenvalue weighted by Crippen LogP contribution is 2.38. The van der Waals surface area contributed by atoms with E-state index in [1.165, 1.54) is 103 Å². The lowest BCUT2D eigenvalue weighted by molar-refractivity contribution is -0.870. The number of allylic oxidation sites excluding steroid dienone is 9. The normalized spacial score (nSPS) is 14.8. The summed E-state index contributed by atoms with van der Waals surface area (Å²) >= 11 is 0. The van der Waals surface area contributed by atoms with Gasteiger partial charge in [0.25, 0.3) is 7.82 Å². The van der Waals surface area contributed by atoms with Gasteiger partial charge in [0.1, 0.15) is 13.2 Å². The molecular formula is C49H91N2O6P. The Morgan fingerprint density at radius 2 is 1.02 bits per heavy atom. The third-order valence-corrected chi connectivity index (χ3v) is 11.1. The Hall–Kier alpha value is -1.80. The van der Waals surface area contributed by atoms with E-state index in [-0.39, 0.29) is 12.5 Å². The number of aliphatic hydroxyl groups excluding tert-OH is 1. The molecule has 0 fully saturated rings. The van der Waals surface area contributed by atoms with E-state index in [1.54, 1.807) is 6.08 Å². The molecule has 2 N–H and O–H groups in total. The second-order valence-corrected chi connectivity index (χ2v) is 18.5. The summed E-state index contributed by atoms with van der Waals surface area (Å²) in [6, 6.07) is -0.915. The van der Waals surface area contributed by atoms with Crippen LogP contribution in [0.25, 0.3) is 0 Å². The zero-order valence-corrected chi connectivity index (χ0v) is 39.1. The minimum Gasteiger partial charge on any atom is -0.756 e. The van der Waals surface area contributed by atoms with Crippen molar-refractivity contribution in [3.05, 3.63) is 60.8 Å². The first-order valence-electron chi connectivity index (χ1n) is 23.7. The van der Waals surface area contributed by atoms with Crippen LogP contribution in [0.3, 0.4) is 0 Å². The van der Waals surface area contributed by atoms with E-state index < -0.39 is 26.6 Å². The molecule has 0 aliphatic rings. The van der Waals surface area contributed by atoms with Crippen molar-refractivity contribution >= 4 is 13.7 Å². The summed E-state index contributed by atoms with van der Waals surface area (Å²) in [6.45, 7) is 4.57. The predicted octanol–water partition coefficient (Wildman–Crippen LogP) is 12.8. The predicted molar refractivity (Wildman–Crippen MR) is 247 cm³/mol. The van der Waals surface area contributed by atoms with Crippen molar-refractivity contribution in [2.45, 2.75) is 206 Å². The lowest BCUT2D eigenvalue weighted by atomic mass is 10.1. The molecule has 0 spiro atoms. The Morgan fingerprint density at radius 1 is 0.603 bits per heavy atom. The fraction of sp³-hybridized carbons (Fsp3) is 0.776. The summed E-state index contributed by atoms with van der Waals surface area (Å²) in [7, 11) is 1.22. The molecule has 0 aromatic heterocycles. The maximum Gasteiger partial charge on any atom is 0.268 e. The minimum absolute atomic E-state index is 0.0130. The topological polar surface area (TPSA) is 108 Å². The van der Waals surface area contributed by atoms with E-state index in [4.69, 9.17) is 9.05 Å². The fourth-order valence-corrected chi connectivity index (χ4v) is 7.11. The van der Waals surface area contributed by atoms with Gasteiger partial charge in [-0.05, 0) is 77.0 Å². The molecule has 1 amide bonds. The molecule has 8 nitrogen and oxygen atoms in total. The van der Waals surface area contributed by atoms with Crippen LogP contribution in [-0.4, -0.2) is 68.5 Å². The molecule has 9 heteroatoms. The van der Waals surface area contributed by atoms with Crippen LogP contribution >= 0.6 is 7.82 Å². The van der Waals surface area contributed by atoms with Gasteiger partial charge in [0.2, 0.25) is 5.91 Å². The lowest BCUT2D eigenvalue weighted by Crippen LogP contribution is -2.45. The number of unbranched alkanes of at least 4 members (excludes halogenated alkanes) is 21. The van der Waals surface area contributed by atoms with Gasteiger partial charge in [-0.1, -0.05) is 171 Å². The summed E-state index contributed by atoms with van der Waals surface area (Å²) < 4.78 is 23.2. The molecule has 0 aromatic rings. The van der Waals surface area contributed by atoms with E-state index in [9.17, 15) is 19.4 Å². The number of phosphoric ester groups is 1. The van der Waals surface area contributed by atoms with Gasteiger partial charge in [-0.3, -0.25) is 9.36 Å². The average Bonchev–Trinajstić information content (AvgIpc) is 3.17. The largest absolute Gasteiger partial charge is 0.756 e. The Balaban J connectivity index is 4.37. The zero-order valence-electron chi connectivity index (χ0n) is 38.2. The molecule has 0 aliphatic carbocycles. The number of rotatable bonds is 42. The van der Waals surface area contributed by atoms with Gasteiger partial charge in [-0.15, -0.1) is 0 Å². The average molecular weight is 835 g/mol. The summed E-state index contributed by atoms with van der Waals surface area (Å²) in [6.07, 6.45) is 52.8. The van der Waals surface area contributed by atoms with Crippen molar-refractivity contribution in [3.8, 4) is 0 Å². The van der Waals surface area contributed by atoms with E-state index in [2.05, 4.69) is 67.8 Å². The number of aliphatic hydroxyl groups is 1. The molecule has 0 aliphatic heterocycles. The highest BCUT2D eigenvalue weighted by molar-refractivity contribution is 7.45. The number of phosphoric acid groups is 1. The third-order valence-electron chi connectivity index (χ3n) is 10.2. The summed E-state index contributed by atoms with van der Waals surface area (Å²) in [5.41, 5.74) is 0. The molecule has 0 saturated heterocycles. The Morgan fingerprint density at radius 3 is 1.53 bits per heavy atom. The Labute approximate surface area is 358 Å². The highest BCUT2D eigenvalue weighted by Gasteiger charge is 2.23. The molecule has 0 saturated carbocycles. The maximum absolute atomic E-state index is 12.9. The molecule has 58 heavy (non-hydrogen) atoms. The summed E-state index contributed by atoms with van der Waals surface area (Å²) in [5, 5.41) is 13.7. The number of likely N-dealkylation sites (N-methyl/N-ethyl adjacent to an activating group) is 1. The van der Waals surface area contributed by atoms with E-state index in [1.807, 2.05) is 27.2 Å². The molecule has 0 heterocycles. The lowest BCUT2D eigenvalue weighted by Gasteiger charge is -2.29. The van der Waals surface area contributed by atoms with Crippen LogP contribution in [0.1, 0.15) is 194 Å². The van der Waals surface area contributed by atoms with Crippen LogP contribution in [0, 0.1) is 0 Å². The van der Waals surface area contributed by atoms with Crippen molar-refractivity contribution in [1.29, 1.82) is 0 Å². The molecule has 0 bridgehead atoms. The van der Waals surface area contributed by atoms with Gasteiger partial charge in [0, 0.05) is 6.42 Å². The van der Waals surface area contributed by atoms with Crippen molar-refractivity contribution in [2.75, 3.05) is 40.9 Å². The van der Waals surface area contributed by atoms with Crippen molar-refractivity contribution in [1.82, 2.24) is 5.32 Å². The van der Waals surface area contributed by atoms with Crippen molar-refractivity contribution in [2.24, 2.45) is 0 Å². The molecule has 338 valence electrons. The molecule has 3 atom stereocenters. The number of nitrogens with one attached hydrogen (secondary N) is 1. The smallest absolute Gasteiger partial charge is 0.268 e. The molecule has 0 rings (SSSR count). The number of quaternary nitrogens is 1. The molecule has 3 unspecified atom stereocenters. The minimum atomic E-state index is -4.60. The van der Waals surface area contributed by atoms with E-state index in [0.717, 1.165) is 70.6 Å². The van der Waals surface area contributed by atoms with Gasteiger partial charge in [0.05, 0.1) is 39.9 Å². The number of hydrogen-bond donors (Lipinski definition) is 2. The standard InChI is InChI=1S/C49H91N2O6P/c1-6-8-10-12-14-16-18-20-21-22-23-24-25-26-27-28-29-31-33-35-37-39-41-43-49(53)50-47(46-57-58(54,55)56-45-44-51(3,4)5)48(52)42-40-38-36-34-32-30-19-17-15-13-11-9-7-2/h15,17,23-24,26-27,32,34,40,42,47-48,52H,6-14,16,18-22,25,28-31,33,35-39,41,43-46H2,1-5H3,(H-,50,53,54,55)/b17-15+,24-23-,27-26-,34-32+,42-40+. The van der Waals surface area contributed by atoms with Gasteiger partial charge in [-0.2, -0.15) is 0 Å². The Bertz CT molecular complexity index is 1130. The van der Waals surface area contributed by atoms with Crippen molar-refractivity contribution in [3.63, 3.8) is 0 Å². The first-order chi connectivity index (χ1) is 28.0. The number of nitrogens with zero attached hydrogens (tertiary/aromatic N) is 1. The van der Waals surface area contributed by atoms with Crippen molar-refractivity contribution < 1.29 is 32.9 Å². The van der Waals surface area contributed by atoms with Crippen LogP contribution in [0.2, 0.25) is 0 Å².